The molecule has 0 amide bonds. The van der Waals surface area contributed by atoms with E-state index in [2.05, 4.69) is 8.80 Å². The van der Waals surface area contributed by atoms with Crippen molar-refractivity contribution >= 4 is 79.6 Å². The van der Waals surface area contributed by atoms with Crippen molar-refractivity contribution in [1.82, 2.24) is 0 Å². The maximum Gasteiger partial charge on any atom is 0.364 e. The first kappa shape index (κ1) is 28.7. The first-order valence-corrected chi connectivity index (χ1v) is 14.0. The summed E-state index contributed by atoms with van der Waals surface area (Å²) in [7, 11) is -3.85. The van der Waals surface area contributed by atoms with E-state index in [0.29, 0.717) is 53.8 Å². The normalized spacial score (nSPS) is 13.5. The Hall–Kier alpha value is -3.33. The summed E-state index contributed by atoms with van der Waals surface area (Å²) in [5.74, 6) is -1.12. The van der Waals surface area contributed by atoms with Crippen LogP contribution in [0.5, 0.6) is 0 Å². The molecule has 196 valence electrons. The van der Waals surface area contributed by atoms with Gasteiger partial charge in [0.2, 0.25) is 11.6 Å². The summed E-state index contributed by atoms with van der Waals surface area (Å²) < 4.78 is 30.8. The van der Waals surface area contributed by atoms with Crippen molar-refractivity contribution in [2.24, 2.45) is 8.80 Å². The van der Waals surface area contributed by atoms with E-state index >= 15 is 0 Å². The number of benzene rings is 4. The molecule has 4 aromatic carbocycles. The predicted molar refractivity (Wildman–Crippen MR) is 156 cm³/mol. The average molecular weight is 618 g/mol. The molecule has 4 aromatic rings. The minimum atomic E-state index is -3.85. The molecule has 11 heteroatoms. The van der Waals surface area contributed by atoms with Gasteiger partial charge in [-0.05, 0) is 72.8 Å². The standard InChI is InChI=1S/C14H8Cl2N2O2S.C14H8Cl2O2/c15-11-5-1-9(2-6-11)13-14(18-21(19,20)17-13)10-3-7-12(16)8-4-10;15-11-5-1-9(2-6-11)13(17)14(18)10-3-7-12(16)8-4-10/h1-8H;1-8H. The lowest BCUT2D eigenvalue weighted by molar-refractivity contribution is 0.0817. The summed E-state index contributed by atoms with van der Waals surface area (Å²) in [6.45, 7) is 0. The van der Waals surface area contributed by atoms with E-state index in [0.717, 1.165) is 0 Å². The van der Waals surface area contributed by atoms with Gasteiger partial charge in [-0.2, -0.15) is 8.42 Å². The number of rotatable bonds is 5. The van der Waals surface area contributed by atoms with Gasteiger partial charge in [0.05, 0.1) is 0 Å². The molecule has 0 saturated carbocycles. The van der Waals surface area contributed by atoms with E-state index in [4.69, 9.17) is 46.4 Å². The van der Waals surface area contributed by atoms with Crippen molar-refractivity contribution in [2.45, 2.75) is 0 Å². The zero-order chi connectivity index (χ0) is 28.2. The summed E-state index contributed by atoms with van der Waals surface area (Å²) in [6.07, 6.45) is 0. The smallest absolute Gasteiger partial charge is 0.285 e. The molecule has 0 atom stereocenters. The lowest BCUT2D eigenvalue weighted by Crippen LogP contribution is -2.14. The highest BCUT2D eigenvalue weighted by atomic mass is 35.5. The third-order valence-corrected chi connectivity index (χ3v) is 7.13. The summed E-state index contributed by atoms with van der Waals surface area (Å²) in [5, 5.41) is 2.16. The van der Waals surface area contributed by atoms with Crippen LogP contribution in [0.3, 0.4) is 0 Å². The maximum absolute atomic E-state index is 11.9. The number of nitrogens with zero attached hydrogens (tertiary/aromatic N) is 2. The molecular formula is C28H16Cl4N2O4S. The van der Waals surface area contributed by atoms with Gasteiger partial charge in [0.1, 0.15) is 11.4 Å². The third-order valence-electron chi connectivity index (χ3n) is 5.29. The van der Waals surface area contributed by atoms with Crippen molar-refractivity contribution in [2.75, 3.05) is 0 Å². The highest BCUT2D eigenvalue weighted by Gasteiger charge is 2.26. The minimum absolute atomic E-state index is 0.300. The molecule has 1 heterocycles. The lowest BCUT2D eigenvalue weighted by Gasteiger charge is -2.05. The molecule has 0 spiro atoms. The van der Waals surface area contributed by atoms with Crippen LogP contribution >= 0.6 is 46.4 Å². The number of carbonyl (C=O) groups is 2. The molecule has 39 heavy (non-hydrogen) atoms. The number of hydrogen-bond donors (Lipinski definition) is 0. The number of hydrogen-bond acceptors (Lipinski definition) is 4. The van der Waals surface area contributed by atoms with Gasteiger partial charge in [-0.15, -0.1) is 8.80 Å². The molecule has 5 rings (SSSR count). The molecule has 0 bridgehead atoms. The first-order chi connectivity index (χ1) is 18.5. The second-order valence-corrected chi connectivity index (χ2v) is 11.0. The summed E-state index contributed by atoms with van der Waals surface area (Å²) >= 11 is 23.1. The second kappa shape index (κ2) is 12.2. The van der Waals surface area contributed by atoms with E-state index in [9.17, 15) is 18.0 Å². The fourth-order valence-electron chi connectivity index (χ4n) is 3.40. The van der Waals surface area contributed by atoms with E-state index in [1.807, 2.05) is 0 Å². The maximum atomic E-state index is 11.9. The Balaban J connectivity index is 0.000000183. The van der Waals surface area contributed by atoms with Gasteiger partial charge >= 0.3 is 10.2 Å². The first-order valence-electron chi connectivity index (χ1n) is 11.1. The average Bonchev–Trinajstić information content (AvgIpc) is 3.25. The van der Waals surface area contributed by atoms with Gasteiger partial charge in [0.15, 0.2) is 0 Å². The summed E-state index contributed by atoms with van der Waals surface area (Å²) in [4.78, 5) is 23.8. The molecule has 0 fully saturated rings. The van der Waals surface area contributed by atoms with Crippen LogP contribution in [0.25, 0.3) is 0 Å². The van der Waals surface area contributed by atoms with Gasteiger partial charge in [-0.25, -0.2) is 0 Å². The quantitative estimate of drug-likeness (QED) is 0.170. The molecule has 6 nitrogen and oxygen atoms in total. The largest absolute Gasteiger partial charge is 0.364 e. The molecule has 1 aliphatic rings. The predicted octanol–water partition coefficient (Wildman–Crippen LogP) is 7.59. The zero-order valence-corrected chi connectivity index (χ0v) is 23.5. The van der Waals surface area contributed by atoms with Gasteiger partial charge in [-0.1, -0.05) is 70.7 Å². The van der Waals surface area contributed by atoms with Crippen LogP contribution in [0, 0.1) is 0 Å². The van der Waals surface area contributed by atoms with Crippen molar-refractivity contribution in [3.8, 4) is 0 Å². The Kier molecular flexibility index (Phi) is 9.00. The molecule has 0 radical (unpaired) electrons. The highest BCUT2D eigenvalue weighted by Crippen LogP contribution is 2.21. The number of halogens is 4. The number of Topliss-reactive ketones (excluding diaryl/α,β-unsaturated/α-hetero) is 2. The lowest BCUT2D eigenvalue weighted by atomic mass is 10.0. The second-order valence-electron chi connectivity index (χ2n) is 8.01. The van der Waals surface area contributed by atoms with E-state index in [-0.39, 0.29) is 0 Å². The van der Waals surface area contributed by atoms with Gasteiger partial charge in [0.25, 0.3) is 0 Å². The third kappa shape index (κ3) is 7.41. The van der Waals surface area contributed by atoms with Crippen molar-refractivity contribution < 1.29 is 18.0 Å². The molecule has 1 aliphatic heterocycles. The Morgan fingerprint density at radius 3 is 1.00 bits per heavy atom. The van der Waals surface area contributed by atoms with Crippen LogP contribution in [0.4, 0.5) is 0 Å². The molecule has 0 unspecified atom stereocenters. The monoisotopic (exact) mass is 616 g/mol. The van der Waals surface area contributed by atoms with Crippen LogP contribution in [0.1, 0.15) is 31.8 Å². The van der Waals surface area contributed by atoms with Gasteiger partial charge < -0.3 is 0 Å². The molecule has 0 saturated heterocycles. The SMILES string of the molecule is O=C(C(=O)c1ccc(Cl)cc1)c1ccc(Cl)cc1.O=S1(=O)N=C(c2ccc(Cl)cc2)C(c2ccc(Cl)cc2)=N1. The topological polar surface area (TPSA) is 93.0 Å². The van der Waals surface area contributed by atoms with Crippen LogP contribution in [-0.4, -0.2) is 31.4 Å². The highest BCUT2D eigenvalue weighted by molar-refractivity contribution is 7.89. The Morgan fingerprint density at radius 2 is 0.718 bits per heavy atom. The minimum Gasteiger partial charge on any atom is -0.285 e. The zero-order valence-electron chi connectivity index (χ0n) is 19.7. The molecular weight excluding hydrogens is 602 g/mol. The Bertz CT molecular complexity index is 1580. The number of ketones is 2. The van der Waals surface area contributed by atoms with Crippen molar-refractivity contribution in [3.63, 3.8) is 0 Å². The van der Waals surface area contributed by atoms with Gasteiger partial charge in [0, 0.05) is 42.3 Å². The van der Waals surface area contributed by atoms with Crippen molar-refractivity contribution in [1.29, 1.82) is 0 Å². The Labute approximate surface area is 244 Å². The van der Waals surface area contributed by atoms with Gasteiger partial charge in [-0.3, -0.25) is 9.59 Å². The fraction of sp³-hybridized carbons (Fsp3) is 0. The molecule has 0 aliphatic carbocycles. The van der Waals surface area contributed by atoms with E-state index in [1.54, 1.807) is 72.8 Å². The van der Waals surface area contributed by atoms with E-state index < -0.39 is 21.8 Å². The van der Waals surface area contributed by atoms with Crippen LogP contribution < -0.4 is 0 Å². The van der Waals surface area contributed by atoms with Crippen molar-refractivity contribution in [3.05, 3.63) is 139 Å². The molecule has 0 aromatic heterocycles. The van der Waals surface area contributed by atoms with E-state index in [1.165, 1.54) is 24.3 Å². The fourth-order valence-corrected chi connectivity index (χ4v) is 4.79. The Morgan fingerprint density at radius 1 is 0.462 bits per heavy atom. The number of carbonyl (C=O) groups excluding carboxylic acids is 2. The van der Waals surface area contributed by atoms with Crippen LogP contribution in [0.2, 0.25) is 20.1 Å². The molecule has 0 N–H and O–H groups in total. The van der Waals surface area contributed by atoms with Crippen LogP contribution in [0.15, 0.2) is 106 Å². The van der Waals surface area contributed by atoms with Crippen LogP contribution in [-0.2, 0) is 10.2 Å². The summed E-state index contributed by atoms with van der Waals surface area (Å²) in [6, 6.07) is 25.9. The summed E-state index contributed by atoms with van der Waals surface area (Å²) in [5.41, 5.74) is 2.50.